The highest BCUT2D eigenvalue weighted by atomic mass is 16.5. The van der Waals surface area contributed by atoms with E-state index in [0.29, 0.717) is 6.61 Å². The lowest BCUT2D eigenvalue weighted by Gasteiger charge is -2.45. The molecule has 1 N–H and O–H groups in total. The summed E-state index contributed by atoms with van der Waals surface area (Å²) in [4.78, 5) is 0. The van der Waals surface area contributed by atoms with Crippen LogP contribution in [-0.4, -0.2) is 17.8 Å². The van der Waals surface area contributed by atoms with Crippen LogP contribution in [0, 0.1) is 5.41 Å². The minimum Gasteiger partial charge on any atom is -0.393 e. The molecule has 0 spiro atoms. The molecule has 2 heteroatoms. The van der Waals surface area contributed by atoms with Crippen molar-refractivity contribution in [2.45, 2.75) is 52.2 Å². The number of aliphatic hydroxyl groups is 1. The molecule has 0 aliphatic rings. The number of aliphatic hydroxyl groups excluding tert-OH is 1. The van der Waals surface area contributed by atoms with Crippen molar-refractivity contribution in [3.8, 4) is 0 Å². The standard InChI is InChI=1S/C22H30O2/c1-18(23)12-11-17-24-22(21(2,3)4,19-13-7-5-8-14-19)20-15-9-6-10-16-20/h5-10,13-16,18,23H,11-12,17H2,1-4H3. The molecule has 0 radical (unpaired) electrons. The second kappa shape index (κ2) is 7.96. The molecule has 2 nitrogen and oxygen atoms in total. The third kappa shape index (κ3) is 4.06. The highest BCUT2D eigenvalue weighted by molar-refractivity contribution is 5.38. The fourth-order valence-corrected chi connectivity index (χ4v) is 3.37. The summed E-state index contributed by atoms with van der Waals surface area (Å²) >= 11 is 0. The van der Waals surface area contributed by atoms with Crippen molar-refractivity contribution >= 4 is 0 Å². The minimum atomic E-state index is -0.520. The second-order valence-corrected chi connectivity index (χ2v) is 7.50. The fourth-order valence-electron chi connectivity index (χ4n) is 3.37. The van der Waals surface area contributed by atoms with Gasteiger partial charge in [-0.2, -0.15) is 0 Å². The van der Waals surface area contributed by atoms with Gasteiger partial charge in [0.1, 0.15) is 5.60 Å². The van der Waals surface area contributed by atoms with Gasteiger partial charge in [0.15, 0.2) is 0 Å². The Morgan fingerprint density at radius 1 is 0.875 bits per heavy atom. The van der Waals surface area contributed by atoms with Crippen molar-refractivity contribution < 1.29 is 9.84 Å². The maximum atomic E-state index is 9.52. The molecule has 0 amide bonds. The smallest absolute Gasteiger partial charge is 0.123 e. The highest BCUT2D eigenvalue weighted by Crippen LogP contribution is 2.48. The van der Waals surface area contributed by atoms with Crippen LogP contribution >= 0.6 is 0 Å². The Labute approximate surface area is 146 Å². The van der Waals surface area contributed by atoms with Crippen LogP contribution in [0.4, 0.5) is 0 Å². The zero-order valence-electron chi connectivity index (χ0n) is 15.3. The molecule has 0 heterocycles. The van der Waals surface area contributed by atoms with Crippen LogP contribution in [0.15, 0.2) is 60.7 Å². The summed E-state index contributed by atoms with van der Waals surface area (Å²) in [6.07, 6.45) is 1.31. The molecular formula is C22H30O2. The molecule has 2 rings (SSSR count). The molecule has 24 heavy (non-hydrogen) atoms. The van der Waals surface area contributed by atoms with Gasteiger partial charge in [-0.25, -0.2) is 0 Å². The quantitative estimate of drug-likeness (QED) is 0.713. The summed E-state index contributed by atoms with van der Waals surface area (Å²) < 4.78 is 6.61. The molecule has 0 fully saturated rings. The summed E-state index contributed by atoms with van der Waals surface area (Å²) in [7, 11) is 0. The maximum absolute atomic E-state index is 9.52. The van der Waals surface area contributed by atoms with Crippen molar-refractivity contribution in [1.29, 1.82) is 0 Å². The SMILES string of the molecule is CC(O)CCCOC(c1ccccc1)(c1ccccc1)C(C)(C)C. The Balaban J connectivity index is 2.45. The van der Waals surface area contributed by atoms with E-state index in [-0.39, 0.29) is 11.5 Å². The van der Waals surface area contributed by atoms with Crippen molar-refractivity contribution in [2.24, 2.45) is 5.41 Å². The first-order valence-electron chi connectivity index (χ1n) is 8.81. The first-order chi connectivity index (χ1) is 11.4. The van der Waals surface area contributed by atoms with Crippen molar-refractivity contribution in [1.82, 2.24) is 0 Å². The predicted molar refractivity (Wildman–Crippen MR) is 100.0 cm³/mol. The van der Waals surface area contributed by atoms with E-state index in [2.05, 4.69) is 69.3 Å². The van der Waals surface area contributed by atoms with E-state index in [4.69, 9.17) is 4.74 Å². The van der Waals surface area contributed by atoms with Gasteiger partial charge in [-0.3, -0.25) is 0 Å². The Morgan fingerprint density at radius 3 is 1.71 bits per heavy atom. The maximum Gasteiger partial charge on any atom is 0.123 e. The van der Waals surface area contributed by atoms with Crippen LogP contribution in [0.1, 0.15) is 51.7 Å². The van der Waals surface area contributed by atoms with Gasteiger partial charge in [-0.05, 0) is 36.3 Å². The Kier molecular flexibility index (Phi) is 6.20. The molecule has 0 saturated carbocycles. The summed E-state index contributed by atoms with van der Waals surface area (Å²) in [5, 5.41) is 9.52. The van der Waals surface area contributed by atoms with Crippen LogP contribution in [0.2, 0.25) is 0 Å². The summed E-state index contributed by atoms with van der Waals surface area (Å²) in [6.45, 7) is 9.11. The summed E-state index contributed by atoms with van der Waals surface area (Å²) in [5.74, 6) is 0. The third-order valence-corrected chi connectivity index (χ3v) is 4.50. The van der Waals surface area contributed by atoms with Crippen LogP contribution in [0.3, 0.4) is 0 Å². The van der Waals surface area contributed by atoms with Crippen LogP contribution < -0.4 is 0 Å². The predicted octanol–water partition coefficient (Wildman–Crippen LogP) is 5.15. The van der Waals surface area contributed by atoms with E-state index in [1.54, 1.807) is 0 Å². The average Bonchev–Trinajstić information content (AvgIpc) is 2.55. The van der Waals surface area contributed by atoms with Gasteiger partial charge in [-0.1, -0.05) is 81.4 Å². The van der Waals surface area contributed by atoms with Crippen LogP contribution in [-0.2, 0) is 10.3 Å². The highest BCUT2D eigenvalue weighted by Gasteiger charge is 2.46. The van der Waals surface area contributed by atoms with E-state index >= 15 is 0 Å². The van der Waals surface area contributed by atoms with Gasteiger partial charge >= 0.3 is 0 Å². The monoisotopic (exact) mass is 326 g/mol. The van der Waals surface area contributed by atoms with Gasteiger partial charge in [0.05, 0.1) is 6.10 Å². The lowest BCUT2D eigenvalue weighted by molar-refractivity contribution is -0.0952. The zero-order chi connectivity index (χ0) is 17.6. The molecule has 0 aliphatic heterocycles. The third-order valence-electron chi connectivity index (χ3n) is 4.50. The van der Waals surface area contributed by atoms with Crippen LogP contribution in [0.25, 0.3) is 0 Å². The van der Waals surface area contributed by atoms with Gasteiger partial charge in [0, 0.05) is 6.61 Å². The molecule has 2 aromatic carbocycles. The molecule has 0 aliphatic carbocycles. The minimum absolute atomic E-state index is 0.124. The first-order valence-corrected chi connectivity index (χ1v) is 8.81. The van der Waals surface area contributed by atoms with E-state index < -0.39 is 5.60 Å². The molecule has 0 saturated heterocycles. The molecule has 130 valence electrons. The van der Waals surface area contributed by atoms with Crippen LogP contribution in [0.5, 0.6) is 0 Å². The second-order valence-electron chi connectivity index (χ2n) is 7.50. The van der Waals surface area contributed by atoms with Crippen molar-refractivity contribution in [3.05, 3.63) is 71.8 Å². The number of hydrogen-bond acceptors (Lipinski definition) is 2. The number of hydrogen-bond donors (Lipinski definition) is 1. The van der Waals surface area contributed by atoms with Gasteiger partial charge in [0.25, 0.3) is 0 Å². The Morgan fingerprint density at radius 2 is 1.33 bits per heavy atom. The fraction of sp³-hybridized carbons (Fsp3) is 0.455. The van der Waals surface area contributed by atoms with Crippen molar-refractivity contribution in [2.75, 3.05) is 6.61 Å². The summed E-state index contributed by atoms with van der Waals surface area (Å²) in [6, 6.07) is 20.9. The Bertz CT molecular complexity index is 557. The normalized spacial score (nSPS) is 13.7. The summed E-state index contributed by atoms with van der Waals surface area (Å²) in [5.41, 5.74) is 1.69. The molecule has 2 aromatic rings. The molecular weight excluding hydrogens is 296 g/mol. The van der Waals surface area contributed by atoms with E-state index in [1.807, 2.05) is 19.1 Å². The van der Waals surface area contributed by atoms with Gasteiger partial charge in [0.2, 0.25) is 0 Å². The molecule has 1 unspecified atom stereocenters. The van der Waals surface area contributed by atoms with E-state index in [1.165, 1.54) is 11.1 Å². The van der Waals surface area contributed by atoms with Gasteiger partial charge in [-0.15, -0.1) is 0 Å². The molecule has 0 bridgehead atoms. The molecule has 0 aromatic heterocycles. The number of benzene rings is 2. The lowest BCUT2D eigenvalue weighted by atomic mass is 9.68. The zero-order valence-corrected chi connectivity index (χ0v) is 15.3. The van der Waals surface area contributed by atoms with E-state index in [9.17, 15) is 5.11 Å². The van der Waals surface area contributed by atoms with Gasteiger partial charge < -0.3 is 9.84 Å². The van der Waals surface area contributed by atoms with E-state index in [0.717, 1.165) is 12.8 Å². The average molecular weight is 326 g/mol. The largest absolute Gasteiger partial charge is 0.393 e. The molecule has 1 atom stereocenters. The topological polar surface area (TPSA) is 29.5 Å². The number of rotatable bonds is 7. The first kappa shape index (κ1) is 18.7. The Hall–Kier alpha value is -1.64. The lowest BCUT2D eigenvalue weighted by Crippen LogP contribution is -2.44. The van der Waals surface area contributed by atoms with Crippen molar-refractivity contribution in [3.63, 3.8) is 0 Å². The number of ether oxygens (including phenoxy) is 1.